The van der Waals surface area contributed by atoms with Gasteiger partial charge in [-0.05, 0) is 48.2 Å². The largest absolute Gasteiger partial charge is 0.481 e. The van der Waals surface area contributed by atoms with E-state index in [2.05, 4.69) is 0 Å². The Morgan fingerprint density at radius 2 is 1.72 bits per heavy atom. The van der Waals surface area contributed by atoms with E-state index in [1.807, 2.05) is 24.3 Å². The predicted octanol–water partition coefficient (Wildman–Crippen LogP) is 5.15. The second-order valence-electron chi connectivity index (χ2n) is 6.96. The summed E-state index contributed by atoms with van der Waals surface area (Å²) in [6, 6.07) is 18.7. The number of para-hydroxylation sites is 1. The van der Waals surface area contributed by atoms with Crippen molar-refractivity contribution in [3.63, 3.8) is 0 Å². The molecule has 2 atom stereocenters. The van der Waals surface area contributed by atoms with Crippen molar-refractivity contribution in [3.8, 4) is 22.6 Å². The first-order chi connectivity index (χ1) is 13.5. The van der Waals surface area contributed by atoms with Crippen molar-refractivity contribution >= 4 is 18.4 Å². The number of halogens is 2. The fourth-order valence-electron chi connectivity index (χ4n) is 3.77. The van der Waals surface area contributed by atoms with Crippen LogP contribution in [0.5, 0.6) is 11.5 Å². The van der Waals surface area contributed by atoms with Crippen molar-refractivity contribution in [3.05, 3.63) is 83.7 Å². The topological polar surface area (TPSA) is 72.5 Å². The summed E-state index contributed by atoms with van der Waals surface area (Å²) in [6.45, 7) is 0. The lowest BCUT2D eigenvalue weighted by molar-refractivity contribution is -0.139. The Balaban J connectivity index is 0.00000240. The van der Waals surface area contributed by atoms with Crippen LogP contribution in [0.25, 0.3) is 11.1 Å². The molecule has 0 radical (unpaired) electrons. The number of ether oxygens (including phenoxy) is 1. The van der Waals surface area contributed by atoms with Crippen molar-refractivity contribution < 1.29 is 19.0 Å². The third kappa shape index (κ3) is 4.11. The fraction of sp³-hybridized carbons (Fsp3) is 0.174. The maximum atomic E-state index is 14.3. The first-order valence-corrected chi connectivity index (χ1v) is 9.17. The quantitative estimate of drug-likeness (QED) is 0.620. The molecule has 0 saturated heterocycles. The number of benzene rings is 3. The minimum Gasteiger partial charge on any atom is -0.481 e. The normalized spacial score (nSPS) is 17.7. The van der Waals surface area contributed by atoms with E-state index in [1.165, 1.54) is 6.07 Å². The van der Waals surface area contributed by atoms with E-state index >= 15 is 0 Å². The molecule has 6 heteroatoms. The van der Waals surface area contributed by atoms with E-state index in [1.54, 1.807) is 36.4 Å². The fourth-order valence-corrected chi connectivity index (χ4v) is 3.77. The van der Waals surface area contributed by atoms with Crippen molar-refractivity contribution in [2.24, 2.45) is 5.73 Å². The zero-order chi connectivity index (χ0) is 19.7. The minimum absolute atomic E-state index is 0. The van der Waals surface area contributed by atoms with Gasteiger partial charge in [0, 0.05) is 17.2 Å². The van der Waals surface area contributed by atoms with Crippen molar-refractivity contribution in [2.75, 3.05) is 0 Å². The number of hydrogen-bond donors (Lipinski definition) is 2. The standard InChI is InChI=1S/C23H20FNO3.ClH/c24-19-7-3-1-5-16(19)17-6-2-4-8-21(17)28-15-11-9-14-10-12-20(25)22(23(26)27)18(14)13-15;/h1-9,11,13,20,22H,10,12,25H2,(H,26,27);1H. The monoisotopic (exact) mass is 413 g/mol. The lowest BCUT2D eigenvalue weighted by Crippen LogP contribution is -2.37. The summed E-state index contributed by atoms with van der Waals surface area (Å²) in [5, 5.41) is 9.60. The lowest BCUT2D eigenvalue weighted by Gasteiger charge is -2.28. The van der Waals surface area contributed by atoms with Gasteiger partial charge in [-0.15, -0.1) is 12.4 Å². The summed E-state index contributed by atoms with van der Waals surface area (Å²) >= 11 is 0. The molecule has 0 heterocycles. The van der Waals surface area contributed by atoms with Crippen molar-refractivity contribution in [1.82, 2.24) is 0 Å². The van der Waals surface area contributed by atoms with Crippen LogP contribution in [0.15, 0.2) is 66.7 Å². The van der Waals surface area contributed by atoms with Gasteiger partial charge in [-0.25, -0.2) is 4.39 Å². The van der Waals surface area contributed by atoms with Crippen LogP contribution in [-0.2, 0) is 11.2 Å². The van der Waals surface area contributed by atoms with Crippen molar-refractivity contribution in [2.45, 2.75) is 24.8 Å². The third-order valence-corrected chi connectivity index (χ3v) is 5.17. The summed E-state index contributed by atoms with van der Waals surface area (Å²) in [7, 11) is 0. The van der Waals surface area contributed by atoms with E-state index in [0.29, 0.717) is 34.6 Å². The molecule has 0 saturated carbocycles. The van der Waals surface area contributed by atoms with E-state index < -0.39 is 17.9 Å². The van der Waals surface area contributed by atoms with E-state index in [-0.39, 0.29) is 18.2 Å². The molecule has 0 bridgehead atoms. The smallest absolute Gasteiger partial charge is 0.312 e. The average Bonchev–Trinajstić information content (AvgIpc) is 2.68. The number of hydrogen-bond acceptors (Lipinski definition) is 3. The van der Waals surface area contributed by atoms with Gasteiger partial charge in [0.05, 0.1) is 5.92 Å². The van der Waals surface area contributed by atoms with Crippen LogP contribution < -0.4 is 10.5 Å². The summed E-state index contributed by atoms with van der Waals surface area (Å²) in [6.07, 6.45) is 1.38. The summed E-state index contributed by atoms with van der Waals surface area (Å²) in [4.78, 5) is 11.7. The molecule has 3 N–H and O–H groups in total. The number of rotatable bonds is 4. The van der Waals surface area contributed by atoms with Gasteiger partial charge in [0.1, 0.15) is 17.3 Å². The highest BCUT2D eigenvalue weighted by Gasteiger charge is 2.33. The molecule has 3 aromatic rings. The Hall–Kier alpha value is -2.89. The molecule has 29 heavy (non-hydrogen) atoms. The maximum absolute atomic E-state index is 14.3. The Kier molecular flexibility index (Phi) is 6.20. The number of fused-ring (bicyclic) bond motifs is 1. The number of nitrogens with two attached hydrogens (primary N) is 1. The highest BCUT2D eigenvalue weighted by atomic mass is 35.5. The van der Waals surface area contributed by atoms with Crippen LogP contribution in [0.3, 0.4) is 0 Å². The first-order valence-electron chi connectivity index (χ1n) is 9.17. The van der Waals surface area contributed by atoms with Gasteiger partial charge in [-0.2, -0.15) is 0 Å². The first kappa shape index (κ1) is 20.8. The van der Waals surface area contributed by atoms with Crippen LogP contribution >= 0.6 is 12.4 Å². The Morgan fingerprint density at radius 1 is 1.03 bits per heavy atom. The van der Waals surface area contributed by atoms with E-state index in [4.69, 9.17) is 10.5 Å². The Morgan fingerprint density at radius 3 is 2.45 bits per heavy atom. The van der Waals surface area contributed by atoms with Crippen LogP contribution in [0, 0.1) is 5.82 Å². The van der Waals surface area contributed by atoms with Gasteiger partial charge >= 0.3 is 5.97 Å². The van der Waals surface area contributed by atoms with Crippen LogP contribution in [0.4, 0.5) is 4.39 Å². The Labute approximate surface area is 174 Å². The molecule has 0 aromatic heterocycles. The SMILES string of the molecule is Cl.NC1CCc2ccc(Oc3ccccc3-c3ccccc3F)cc2C1C(=O)O. The molecule has 150 valence electrons. The molecule has 1 aliphatic carbocycles. The molecule has 0 amide bonds. The van der Waals surface area contributed by atoms with Gasteiger partial charge in [0.2, 0.25) is 0 Å². The van der Waals surface area contributed by atoms with Gasteiger partial charge in [0.25, 0.3) is 0 Å². The third-order valence-electron chi connectivity index (χ3n) is 5.17. The number of carboxylic acids is 1. The molecular weight excluding hydrogens is 393 g/mol. The zero-order valence-electron chi connectivity index (χ0n) is 15.5. The lowest BCUT2D eigenvalue weighted by atomic mass is 9.79. The van der Waals surface area contributed by atoms with Gasteiger partial charge in [-0.3, -0.25) is 4.79 Å². The second-order valence-corrected chi connectivity index (χ2v) is 6.96. The summed E-state index contributed by atoms with van der Waals surface area (Å²) < 4.78 is 20.3. The van der Waals surface area contributed by atoms with Crippen LogP contribution in [0.2, 0.25) is 0 Å². The molecular formula is C23H21ClFNO3. The minimum atomic E-state index is -0.933. The summed E-state index contributed by atoms with van der Waals surface area (Å²) in [5.74, 6) is -1.02. The second kappa shape index (κ2) is 8.64. The molecule has 0 spiro atoms. The molecule has 3 aromatic carbocycles. The number of carbonyl (C=O) groups is 1. The Bertz CT molecular complexity index is 1040. The van der Waals surface area contributed by atoms with Gasteiger partial charge in [-0.1, -0.05) is 42.5 Å². The van der Waals surface area contributed by atoms with E-state index in [9.17, 15) is 14.3 Å². The number of aryl methyl sites for hydroxylation is 1. The molecule has 1 aliphatic rings. The average molecular weight is 414 g/mol. The maximum Gasteiger partial charge on any atom is 0.312 e. The van der Waals surface area contributed by atoms with E-state index in [0.717, 1.165) is 12.0 Å². The zero-order valence-corrected chi connectivity index (χ0v) is 16.4. The molecule has 4 rings (SSSR count). The molecule has 2 unspecified atom stereocenters. The van der Waals surface area contributed by atoms with Crippen LogP contribution in [-0.4, -0.2) is 17.1 Å². The molecule has 0 aliphatic heterocycles. The van der Waals surface area contributed by atoms with Gasteiger partial charge < -0.3 is 15.6 Å². The van der Waals surface area contributed by atoms with Gasteiger partial charge in [0.15, 0.2) is 0 Å². The molecule has 0 fully saturated rings. The number of aliphatic carboxylic acids is 1. The molecule has 4 nitrogen and oxygen atoms in total. The predicted molar refractivity (Wildman–Crippen MR) is 112 cm³/mol. The summed E-state index contributed by atoms with van der Waals surface area (Å²) in [5.41, 5.74) is 8.79. The highest BCUT2D eigenvalue weighted by molar-refractivity contribution is 5.85. The number of carboxylic acid groups (broad SMARTS) is 1. The van der Waals surface area contributed by atoms with Crippen LogP contribution in [0.1, 0.15) is 23.5 Å². The highest BCUT2D eigenvalue weighted by Crippen LogP contribution is 2.38. The van der Waals surface area contributed by atoms with Crippen molar-refractivity contribution in [1.29, 1.82) is 0 Å².